The zero-order chi connectivity index (χ0) is 11.8. The summed E-state index contributed by atoms with van der Waals surface area (Å²) in [5.41, 5.74) is 2.22. The largest absolute Gasteiger partial charge is 0.361 e. The molecule has 0 aromatic carbocycles. The predicted molar refractivity (Wildman–Crippen MR) is 69.9 cm³/mol. The van der Waals surface area contributed by atoms with Gasteiger partial charge >= 0.3 is 0 Å². The fourth-order valence-electron chi connectivity index (χ4n) is 1.64. The highest BCUT2D eigenvalue weighted by molar-refractivity contribution is 7.98. The Balaban J connectivity index is 2.07. The van der Waals surface area contributed by atoms with Crippen molar-refractivity contribution >= 4 is 11.8 Å². The van der Waals surface area contributed by atoms with E-state index < -0.39 is 0 Å². The molecule has 0 aliphatic rings. The van der Waals surface area contributed by atoms with Crippen LogP contribution in [-0.2, 0) is 6.54 Å². The smallest absolute Gasteiger partial charge is 0.138 e. The van der Waals surface area contributed by atoms with E-state index in [0.717, 1.165) is 24.5 Å². The summed E-state index contributed by atoms with van der Waals surface area (Å²) in [5, 5.41) is 7.38. The van der Waals surface area contributed by atoms with Crippen LogP contribution in [0, 0.1) is 13.8 Å². The van der Waals surface area contributed by atoms with E-state index >= 15 is 0 Å². The Morgan fingerprint density at radius 2 is 2.06 bits per heavy atom. The minimum Gasteiger partial charge on any atom is -0.361 e. The molecular weight excluding hydrogens is 220 g/mol. The van der Waals surface area contributed by atoms with E-state index in [2.05, 4.69) is 16.7 Å². The van der Waals surface area contributed by atoms with Gasteiger partial charge in [0.1, 0.15) is 5.76 Å². The van der Waals surface area contributed by atoms with Crippen LogP contribution in [0.3, 0.4) is 0 Å². The first-order valence-corrected chi connectivity index (χ1v) is 7.26. The topological polar surface area (TPSA) is 38.1 Å². The molecular formula is C12H22N2OS. The lowest BCUT2D eigenvalue weighted by atomic mass is 10.2. The lowest BCUT2D eigenvalue weighted by Crippen LogP contribution is -2.15. The highest BCUT2D eigenvalue weighted by Gasteiger charge is 2.07. The number of aromatic nitrogens is 1. The minimum absolute atomic E-state index is 0.879. The summed E-state index contributed by atoms with van der Waals surface area (Å²) in [6, 6.07) is 0. The second-order valence-corrected chi connectivity index (χ2v) is 5.02. The van der Waals surface area contributed by atoms with Crippen molar-refractivity contribution in [3.63, 3.8) is 0 Å². The van der Waals surface area contributed by atoms with Gasteiger partial charge in [-0.05, 0) is 45.2 Å². The molecule has 0 fully saturated rings. The molecule has 0 aliphatic heterocycles. The number of hydrogen-bond acceptors (Lipinski definition) is 4. The van der Waals surface area contributed by atoms with Crippen LogP contribution >= 0.6 is 11.8 Å². The zero-order valence-corrected chi connectivity index (χ0v) is 11.3. The molecule has 16 heavy (non-hydrogen) atoms. The highest BCUT2D eigenvalue weighted by atomic mass is 32.2. The van der Waals surface area contributed by atoms with Gasteiger partial charge in [-0.3, -0.25) is 0 Å². The van der Waals surface area contributed by atoms with Gasteiger partial charge in [-0.1, -0.05) is 11.6 Å². The molecule has 0 amide bonds. The van der Waals surface area contributed by atoms with Crippen molar-refractivity contribution in [2.45, 2.75) is 39.7 Å². The molecule has 0 aliphatic carbocycles. The molecule has 92 valence electrons. The number of rotatable bonds is 8. The Morgan fingerprint density at radius 3 is 2.69 bits per heavy atom. The Hall–Kier alpha value is -0.480. The van der Waals surface area contributed by atoms with Crippen LogP contribution in [0.1, 0.15) is 36.3 Å². The van der Waals surface area contributed by atoms with E-state index in [0.29, 0.717) is 0 Å². The maximum Gasteiger partial charge on any atom is 0.138 e. The second-order valence-electron chi connectivity index (χ2n) is 4.03. The monoisotopic (exact) mass is 242 g/mol. The van der Waals surface area contributed by atoms with Crippen LogP contribution < -0.4 is 5.32 Å². The van der Waals surface area contributed by atoms with E-state index in [9.17, 15) is 0 Å². The van der Waals surface area contributed by atoms with Crippen LogP contribution in [0.2, 0.25) is 0 Å². The van der Waals surface area contributed by atoms with Gasteiger partial charge in [0.05, 0.1) is 5.69 Å². The normalized spacial score (nSPS) is 10.9. The van der Waals surface area contributed by atoms with E-state index in [1.54, 1.807) is 0 Å². The fourth-order valence-corrected chi connectivity index (χ4v) is 2.13. The van der Waals surface area contributed by atoms with Crippen LogP contribution in [-0.4, -0.2) is 23.7 Å². The Morgan fingerprint density at radius 1 is 1.25 bits per heavy atom. The van der Waals surface area contributed by atoms with Crippen molar-refractivity contribution < 1.29 is 4.52 Å². The van der Waals surface area contributed by atoms with Crippen molar-refractivity contribution in [3.05, 3.63) is 17.0 Å². The highest BCUT2D eigenvalue weighted by Crippen LogP contribution is 2.11. The van der Waals surface area contributed by atoms with Crippen molar-refractivity contribution in [2.75, 3.05) is 18.6 Å². The van der Waals surface area contributed by atoms with Gasteiger partial charge in [-0.2, -0.15) is 11.8 Å². The molecule has 0 spiro atoms. The maximum atomic E-state index is 5.11. The maximum absolute atomic E-state index is 5.11. The number of hydrogen-bond donors (Lipinski definition) is 1. The number of nitrogens with one attached hydrogen (secondary N) is 1. The van der Waals surface area contributed by atoms with Crippen molar-refractivity contribution in [1.82, 2.24) is 10.5 Å². The Bertz CT molecular complexity index is 280. The molecule has 0 bridgehead atoms. The Kier molecular flexibility index (Phi) is 6.57. The van der Waals surface area contributed by atoms with Gasteiger partial charge < -0.3 is 9.84 Å². The summed E-state index contributed by atoms with van der Waals surface area (Å²) in [6.45, 7) is 5.92. The lowest BCUT2D eigenvalue weighted by molar-refractivity contribution is 0.392. The molecule has 0 saturated heterocycles. The van der Waals surface area contributed by atoms with E-state index in [1.165, 1.54) is 30.6 Å². The van der Waals surface area contributed by atoms with Crippen molar-refractivity contribution in [2.24, 2.45) is 0 Å². The standard InChI is InChI=1S/C12H22N2OS/c1-10-12(11(2)15-14-10)9-13-7-5-4-6-8-16-3/h13H,4-9H2,1-3H3. The third-order valence-corrected chi connectivity index (χ3v) is 3.38. The number of nitrogens with zero attached hydrogens (tertiary/aromatic N) is 1. The Labute approximate surface area is 102 Å². The molecule has 0 unspecified atom stereocenters. The first-order chi connectivity index (χ1) is 7.75. The molecule has 1 rings (SSSR count). The third kappa shape index (κ3) is 4.58. The molecule has 0 saturated carbocycles. The molecule has 3 nitrogen and oxygen atoms in total. The minimum atomic E-state index is 0.879. The van der Waals surface area contributed by atoms with Crippen molar-refractivity contribution in [3.8, 4) is 0 Å². The van der Waals surface area contributed by atoms with Gasteiger partial charge in [0, 0.05) is 12.1 Å². The lowest BCUT2D eigenvalue weighted by Gasteiger charge is -2.04. The molecule has 0 radical (unpaired) electrons. The fraction of sp³-hybridized carbons (Fsp3) is 0.750. The van der Waals surface area contributed by atoms with E-state index in [1.807, 2.05) is 25.6 Å². The zero-order valence-electron chi connectivity index (χ0n) is 10.5. The number of unbranched alkanes of at least 4 members (excludes halogenated alkanes) is 2. The van der Waals surface area contributed by atoms with Crippen LogP contribution in [0.25, 0.3) is 0 Å². The molecule has 0 atom stereocenters. The molecule has 4 heteroatoms. The van der Waals surface area contributed by atoms with Gasteiger partial charge in [-0.25, -0.2) is 0 Å². The summed E-state index contributed by atoms with van der Waals surface area (Å²) in [6.07, 6.45) is 6.06. The van der Waals surface area contributed by atoms with E-state index in [-0.39, 0.29) is 0 Å². The summed E-state index contributed by atoms with van der Waals surface area (Å²) < 4.78 is 5.11. The van der Waals surface area contributed by atoms with Crippen LogP contribution in [0.5, 0.6) is 0 Å². The number of aryl methyl sites for hydroxylation is 2. The average molecular weight is 242 g/mol. The summed E-state index contributed by atoms with van der Waals surface area (Å²) in [5.74, 6) is 2.22. The van der Waals surface area contributed by atoms with Gasteiger partial charge in [0.2, 0.25) is 0 Å². The van der Waals surface area contributed by atoms with Gasteiger partial charge in [-0.15, -0.1) is 0 Å². The van der Waals surface area contributed by atoms with Gasteiger partial charge in [0.25, 0.3) is 0 Å². The molecule has 1 aromatic rings. The summed E-state index contributed by atoms with van der Waals surface area (Å²) in [4.78, 5) is 0. The summed E-state index contributed by atoms with van der Waals surface area (Å²) in [7, 11) is 0. The molecule has 1 N–H and O–H groups in total. The predicted octanol–water partition coefficient (Wildman–Crippen LogP) is 2.91. The van der Waals surface area contributed by atoms with Crippen LogP contribution in [0.15, 0.2) is 4.52 Å². The number of thioether (sulfide) groups is 1. The van der Waals surface area contributed by atoms with E-state index in [4.69, 9.17) is 4.52 Å². The third-order valence-electron chi connectivity index (χ3n) is 2.69. The molecule has 1 heterocycles. The quantitative estimate of drug-likeness (QED) is 0.711. The summed E-state index contributed by atoms with van der Waals surface area (Å²) >= 11 is 1.93. The van der Waals surface area contributed by atoms with Crippen LogP contribution in [0.4, 0.5) is 0 Å². The van der Waals surface area contributed by atoms with Crippen molar-refractivity contribution in [1.29, 1.82) is 0 Å². The second kappa shape index (κ2) is 7.74. The first kappa shape index (κ1) is 13.6. The van der Waals surface area contributed by atoms with Gasteiger partial charge in [0.15, 0.2) is 0 Å². The molecule has 1 aromatic heterocycles. The average Bonchev–Trinajstić information content (AvgIpc) is 2.59. The SMILES string of the molecule is CSCCCCCNCc1c(C)noc1C. The first-order valence-electron chi connectivity index (χ1n) is 5.87.